The van der Waals surface area contributed by atoms with E-state index in [9.17, 15) is 4.79 Å². The molecule has 264 valence electrons. The van der Waals surface area contributed by atoms with E-state index in [4.69, 9.17) is 14.2 Å². The molecule has 0 aromatic rings. The Balaban J connectivity index is 3.86. The number of hydrogen-bond donors (Lipinski definition) is 1. The molecule has 1 atom stereocenters. The Labute approximate surface area is 276 Å². The maximum atomic E-state index is 12.0. The molecule has 0 saturated heterocycles. The molecule has 44 heavy (non-hydrogen) atoms. The summed E-state index contributed by atoms with van der Waals surface area (Å²) in [6, 6.07) is 0. The average Bonchev–Trinajstić information content (AvgIpc) is 3.03. The summed E-state index contributed by atoms with van der Waals surface area (Å²) in [5, 5.41) is 3.58. The highest BCUT2D eigenvalue weighted by Gasteiger charge is 2.10. The van der Waals surface area contributed by atoms with Crippen LogP contribution in [0.3, 0.4) is 0 Å². The Morgan fingerprint density at radius 2 is 0.932 bits per heavy atom. The van der Waals surface area contributed by atoms with Crippen LogP contribution in [0.4, 0.5) is 0 Å². The van der Waals surface area contributed by atoms with Gasteiger partial charge in [0, 0.05) is 26.2 Å². The standard InChI is InChI=1S/C39H79NO4/c1-4-7-10-13-16-18-19-20-22-28-33-42-37-38(43-34-29-23-15-12-9-6-3)36-40-32-27-25-26-31-39(41)44-35-30-24-21-17-14-11-8-5-2/h38,40H,4-37H2,1-3H3. The Morgan fingerprint density at radius 3 is 1.45 bits per heavy atom. The van der Waals surface area contributed by atoms with Gasteiger partial charge in [0.15, 0.2) is 0 Å². The van der Waals surface area contributed by atoms with Gasteiger partial charge in [-0.25, -0.2) is 0 Å². The minimum atomic E-state index is -0.0244. The molecule has 0 bridgehead atoms. The molecule has 0 rings (SSSR count). The predicted molar refractivity (Wildman–Crippen MR) is 191 cm³/mol. The van der Waals surface area contributed by atoms with Gasteiger partial charge in [-0.05, 0) is 38.6 Å². The fraction of sp³-hybridized carbons (Fsp3) is 0.974. The van der Waals surface area contributed by atoms with Crippen LogP contribution in [0, 0.1) is 0 Å². The number of esters is 1. The van der Waals surface area contributed by atoms with Gasteiger partial charge in [-0.15, -0.1) is 0 Å². The average molecular weight is 626 g/mol. The van der Waals surface area contributed by atoms with E-state index in [1.807, 2.05) is 0 Å². The quantitative estimate of drug-likeness (QED) is 0.0546. The molecule has 0 aliphatic rings. The lowest BCUT2D eigenvalue weighted by Crippen LogP contribution is -2.34. The zero-order valence-corrected chi connectivity index (χ0v) is 30.3. The lowest BCUT2D eigenvalue weighted by molar-refractivity contribution is -0.143. The van der Waals surface area contributed by atoms with E-state index in [2.05, 4.69) is 26.1 Å². The van der Waals surface area contributed by atoms with Crippen LogP contribution in [-0.4, -0.2) is 51.6 Å². The molecule has 0 aromatic heterocycles. The molecule has 0 aliphatic heterocycles. The number of nitrogens with one attached hydrogen (secondary N) is 1. The van der Waals surface area contributed by atoms with E-state index in [0.717, 1.165) is 64.8 Å². The third kappa shape index (κ3) is 35.8. The van der Waals surface area contributed by atoms with E-state index in [0.29, 0.717) is 19.6 Å². The fourth-order valence-corrected chi connectivity index (χ4v) is 5.66. The van der Waals surface area contributed by atoms with Crippen molar-refractivity contribution in [1.82, 2.24) is 5.32 Å². The number of ether oxygens (including phenoxy) is 3. The Hall–Kier alpha value is -0.650. The summed E-state index contributed by atoms with van der Waals surface area (Å²) < 4.78 is 17.7. The Morgan fingerprint density at radius 1 is 0.500 bits per heavy atom. The number of hydrogen-bond acceptors (Lipinski definition) is 5. The van der Waals surface area contributed by atoms with E-state index >= 15 is 0 Å². The maximum Gasteiger partial charge on any atom is 0.305 e. The van der Waals surface area contributed by atoms with E-state index < -0.39 is 0 Å². The largest absolute Gasteiger partial charge is 0.466 e. The van der Waals surface area contributed by atoms with Gasteiger partial charge in [0.2, 0.25) is 0 Å². The van der Waals surface area contributed by atoms with Crippen molar-refractivity contribution in [2.24, 2.45) is 0 Å². The SMILES string of the molecule is CCCCCCCCCCCCOCC(CNCCCCCC(=O)OCCCCCCCCCC)OCCCCCCCC. The third-order valence-electron chi connectivity index (χ3n) is 8.66. The lowest BCUT2D eigenvalue weighted by Gasteiger charge is -2.19. The molecular formula is C39H79NO4. The van der Waals surface area contributed by atoms with Crippen molar-refractivity contribution < 1.29 is 19.0 Å². The molecule has 0 aliphatic carbocycles. The van der Waals surface area contributed by atoms with Gasteiger partial charge in [-0.1, -0.05) is 162 Å². The zero-order chi connectivity index (χ0) is 32.0. The first kappa shape index (κ1) is 43.4. The summed E-state index contributed by atoms with van der Waals surface area (Å²) >= 11 is 0. The van der Waals surface area contributed by atoms with Crippen molar-refractivity contribution in [2.75, 3.05) is 39.5 Å². The van der Waals surface area contributed by atoms with Crippen LogP contribution in [0.15, 0.2) is 0 Å². The fourth-order valence-electron chi connectivity index (χ4n) is 5.66. The number of carbonyl (C=O) groups is 1. The molecule has 5 heteroatoms. The number of rotatable bonds is 38. The first-order valence-corrected chi connectivity index (χ1v) is 19.8. The molecule has 1 unspecified atom stereocenters. The van der Waals surface area contributed by atoms with Crippen molar-refractivity contribution in [3.8, 4) is 0 Å². The van der Waals surface area contributed by atoms with Crippen molar-refractivity contribution in [3.05, 3.63) is 0 Å². The molecule has 0 amide bonds. The highest BCUT2D eigenvalue weighted by Crippen LogP contribution is 2.12. The smallest absolute Gasteiger partial charge is 0.305 e. The van der Waals surface area contributed by atoms with Crippen LogP contribution in [0.1, 0.15) is 201 Å². The van der Waals surface area contributed by atoms with Crippen molar-refractivity contribution in [3.63, 3.8) is 0 Å². The summed E-state index contributed by atoms with van der Waals surface area (Å²) in [5.41, 5.74) is 0. The van der Waals surface area contributed by atoms with Crippen LogP contribution in [0.5, 0.6) is 0 Å². The van der Waals surface area contributed by atoms with Crippen LogP contribution in [-0.2, 0) is 19.0 Å². The normalized spacial score (nSPS) is 12.2. The van der Waals surface area contributed by atoms with Gasteiger partial charge in [-0.3, -0.25) is 4.79 Å². The lowest BCUT2D eigenvalue weighted by atomic mass is 10.1. The first-order chi connectivity index (χ1) is 21.7. The maximum absolute atomic E-state index is 12.0. The van der Waals surface area contributed by atoms with Crippen molar-refractivity contribution in [2.45, 2.75) is 207 Å². The van der Waals surface area contributed by atoms with Gasteiger partial charge in [0.1, 0.15) is 0 Å². The minimum absolute atomic E-state index is 0.0244. The highest BCUT2D eigenvalue weighted by atomic mass is 16.5. The van der Waals surface area contributed by atoms with E-state index in [-0.39, 0.29) is 12.1 Å². The zero-order valence-electron chi connectivity index (χ0n) is 30.3. The Kier molecular flexibility index (Phi) is 38.0. The van der Waals surface area contributed by atoms with Gasteiger partial charge in [-0.2, -0.15) is 0 Å². The van der Waals surface area contributed by atoms with Gasteiger partial charge in [0.05, 0.1) is 19.3 Å². The molecule has 0 heterocycles. The first-order valence-electron chi connectivity index (χ1n) is 19.8. The molecule has 1 N–H and O–H groups in total. The molecule has 0 fully saturated rings. The van der Waals surface area contributed by atoms with Gasteiger partial charge >= 0.3 is 5.97 Å². The van der Waals surface area contributed by atoms with E-state index in [1.165, 1.54) is 135 Å². The second-order valence-electron chi connectivity index (χ2n) is 13.2. The second kappa shape index (κ2) is 38.5. The summed E-state index contributed by atoms with van der Waals surface area (Å²) in [6.45, 7) is 11.6. The van der Waals surface area contributed by atoms with Crippen molar-refractivity contribution in [1.29, 1.82) is 0 Å². The van der Waals surface area contributed by atoms with Crippen LogP contribution >= 0.6 is 0 Å². The van der Waals surface area contributed by atoms with Crippen molar-refractivity contribution >= 4 is 5.97 Å². The monoisotopic (exact) mass is 626 g/mol. The van der Waals surface area contributed by atoms with Crippen LogP contribution in [0.2, 0.25) is 0 Å². The molecule has 5 nitrogen and oxygen atoms in total. The number of unbranched alkanes of at least 4 members (excludes halogenated alkanes) is 23. The molecular weight excluding hydrogens is 546 g/mol. The topological polar surface area (TPSA) is 56.8 Å². The molecule has 0 spiro atoms. The molecule has 0 aromatic carbocycles. The van der Waals surface area contributed by atoms with Gasteiger partial charge in [0.25, 0.3) is 0 Å². The Bertz CT molecular complexity index is 544. The third-order valence-corrected chi connectivity index (χ3v) is 8.66. The summed E-state index contributed by atoms with van der Waals surface area (Å²) in [7, 11) is 0. The minimum Gasteiger partial charge on any atom is -0.466 e. The summed E-state index contributed by atoms with van der Waals surface area (Å²) in [4.78, 5) is 12.0. The number of carbonyl (C=O) groups excluding carboxylic acids is 1. The van der Waals surface area contributed by atoms with Crippen LogP contribution < -0.4 is 5.32 Å². The molecule has 0 saturated carbocycles. The van der Waals surface area contributed by atoms with Crippen LogP contribution in [0.25, 0.3) is 0 Å². The second-order valence-corrected chi connectivity index (χ2v) is 13.2. The highest BCUT2D eigenvalue weighted by molar-refractivity contribution is 5.69. The summed E-state index contributed by atoms with van der Waals surface area (Å²) in [6.07, 6.45) is 35.1. The summed E-state index contributed by atoms with van der Waals surface area (Å²) in [5.74, 6) is -0.0244. The predicted octanol–water partition coefficient (Wildman–Crippen LogP) is 11.5. The molecule has 0 radical (unpaired) electrons. The van der Waals surface area contributed by atoms with E-state index in [1.54, 1.807) is 0 Å². The van der Waals surface area contributed by atoms with Gasteiger partial charge < -0.3 is 19.5 Å².